The van der Waals surface area contributed by atoms with Gasteiger partial charge in [0.1, 0.15) is 11.3 Å². The SMILES string of the molecule is Oc1cccn2c(-c3ccc(Br)o3)ncc12. The van der Waals surface area contributed by atoms with E-state index in [1.165, 1.54) is 0 Å². The Kier molecular flexibility index (Phi) is 2.00. The minimum atomic E-state index is 0.201. The molecule has 4 nitrogen and oxygen atoms in total. The molecule has 5 heteroatoms. The van der Waals surface area contributed by atoms with Crippen LogP contribution in [0.15, 0.2) is 45.7 Å². The van der Waals surface area contributed by atoms with Gasteiger partial charge in [-0.3, -0.25) is 4.40 Å². The quantitative estimate of drug-likeness (QED) is 0.744. The number of rotatable bonds is 1. The van der Waals surface area contributed by atoms with E-state index in [0.717, 1.165) is 0 Å². The lowest BCUT2D eigenvalue weighted by atomic mass is 10.4. The largest absolute Gasteiger partial charge is 0.506 e. The summed E-state index contributed by atoms with van der Waals surface area (Å²) in [5.41, 5.74) is 0.657. The van der Waals surface area contributed by atoms with Crippen LogP contribution in [0.5, 0.6) is 5.75 Å². The van der Waals surface area contributed by atoms with Crippen LogP contribution < -0.4 is 0 Å². The second-order valence-corrected chi connectivity index (χ2v) is 4.12. The summed E-state index contributed by atoms with van der Waals surface area (Å²) in [6.07, 6.45) is 3.44. The standard InChI is InChI=1S/C11H7BrN2O2/c12-10-4-3-9(16-10)11-13-6-7-8(15)2-1-5-14(7)11/h1-6,15H. The van der Waals surface area contributed by atoms with Crippen LogP contribution in [0.25, 0.3) is 17.1 Å². The summed E-state index contributed by atoms with van der Waals surface area (Å²) in [5, 5.41) is 9.64. The van der Waals surface area contributed by atoms with Crippen LogP contribution in [0.1, 0.15) is 0 Å². The fourth-order valence-electron chi connectivity index (χ4n) is 1.62. The highest BCUT2D eigenvalue weighted by molar-refractivity contribution is 9.10. The molecule has 0 radical (unpaired) electrons. The topological polar surface area (TPSA) is 50.7 Å². The van der Waals surface area contributed by atoms with Crippen LogP contribution in [-0.4, -0.2) is 14.5 Å². The Labute approximate surface area is 99.3 Å². The third kappa shape index (κ3) is 1.32. The molecule has 80 valence electrons. The summed E-state index contributed by atoms with van der Waals surface area (Å²) in [7, 11) is 0. The number of imidazole rings is 1. The molecule has 0 aliphatic carbocycles. The smallest absolute Gasteiger partial charge is 0.180 e. The van der Waals surface area contributed by atoms with E-state index in [4.69, 9.17) is 4.42 Å². The lowest BCUT2D eigenvalue weighted by Crippen LogP contribution is -1.86. The monoisotopic (exact) mass is 278 g/mol. The lowest BCUT2D eigenvalue weighted by Gasteiger charge is -1.98. The average molecular weight is 279 g/mol. The molecule has 0 unspecified atom stereocenters. The minimum Gasteiger partial charge on any atom is -0.506 e. The van der Waals surface area contributed by atoms with Gasteiger partial charge in [0, 0.05) is 6.20 Å². The number of aromatic nitrogens is 2. The maximum Gasteiger partial charge on any atom is 0.180 e. The van der Waals surface area contributed by atoms with E-state index in [1.807, 2.05) is 12.3 Å². The molecule has 0 aliphatic rings. The van der Waals surface area contributed by atoms with Crippen molar-refractivity contribution in [1.29, 1.82) is 0 Å². The highest BCUT2D eigenvalue weighted by Gasteiger charge is 2.11. The molecule has 1 N–H and O–H groups in total. The zero-order valence-electron chi connectivity index (χ0n) is 8.09. The Morgan fingerprint density at radius 1 is 1.31 bits per heavy atom. The predicted octanol–water partition coefficient (Wildman–Crippen LogP) is 3.06. The summed E-state index contributed by atoms with van der Waals surface area (Å²) in [5.74, 6) is 1.51. The van der Waals surface area contributed by atoms with Gasteiger partial charge in [-0.15, -0.1) is 0 Å². The average Bonchev–Trinajstić information content (AvgIpc) is 2.84. The first-order valence-corrected chi connectivity index (χ1v) is 5.46. The van der Waals surface area contributed by atoms with E-state index in [0.29, 0.717) is 21.8 Å². The second kappa shape index (κ2) is 3.38. The highest BCUT2D eigenvalue weighted by atomic mass is 79.9. The van der Waals surface area contributed by atoms with Crippen molar-refractivity contribution in [3.05, 3.63) is 41.3 Å². The molecule has 0 atom stereocenters. The Bertz CT molecular complexity index is 657. The number of fused-ring (bicyclic) bond motifs is 1. The molecule has 3 rings (SSSR count). The Morgan fingerprint density at radius 3 is 2.94 bits per heavy atom. The van der Waals surface area contributed by atoms with Gasteiger partial charge < -0.3 is 9.52 Å². The van der Waals surface area contributed by atoms with Gasteiger partial charge in [-0.25, -0.2) is 4.98 Å². The molecule has 0 aromatic carbocycles. The molecule has 3 heterocycles. The van der Waals surface area contributed by atoms with Gasteiger partial charge in [-0.05, 0) is 40.2 Å². The fourth-order valence-corrected chi connectivity index (χ4v) is 1.93. The minimum absolute atomic E-state index is 0.201. The van der Waals surface area contributed by atoms with E-state index in [9.17, 15) is 5.11 Å². The predicted molar refractivity (Wildman–Crippen MR) is 62.3 cm³/mol. The van der Waals surface area contributed by atoms with Crippen molar-refractivity contribution in [2.24, 2.45) is 0 Å². The van der Waals surface area contributed by atoms with E-state index in [-0.39, 0.29) is 5.75 Å². The van der Waals surface area contributed by atoms with E-state index >= 15 is 0 Å². The van der Waals surface area contributed by atoms with Gasteiger partial charge in [-0.2, -0.15) is 0 Å². The normalized spacial score (nSPS) is 11.1. The summed E-state index contributed by atoms with van der Waals surface area (Å²) >= 11 is 3.24. The van der Waals surface area contributed by atoms with Crippen LogP contribution in [0.4, 0.5) is 0 Å². The van der Waals surface area contributed by atoms with Crippen molar-refractivity contribution < 1.29 is 9.52 Å². The van der Waals surface area contributed by atoms with Crippen molar-refractivity contribution in [3.63, 3.8) is 0 Å². The number of furan rings is 1. The Balaban J connectivity index is 2.29. The van der Waals surface area contributed by atoms with Crippen molar-refractivity contribution in [3.8, 4) is 17.3 Å². The molecule has 0 aliphatic heterocycles. The first kappa shape index (κ1) is 9.47. The van der Waals surface area contributed by atoms with Crippen LogP contribution in [0.2, 0.25) is 0 Å². The van der Waals surface area contributed by atoms with Crippen molar-refractivity contribution in [1.82, 2.24) is 9.38 Å². The van der Waals surface area contributed by atoms with Gasteiger partial charge in [0.05, 0.1) is 6.20 Å². The molecule has 0 fully saturated rings. The van der Waals surface area contributed by atoms with Gasteiger partial charge in [0.15, 0.2) is 16.3 Å². The molecule has 0 bridgehead atoms. The first-order valence-electron chi connectivity index (χ1n) is 4.66. The number of nitrogens with zero attached hydrogens (tertiary/aromatic N) is 2. The summed E-state index contributed by atoms with van der Waals surface area (Å²) < 4.78 is 7.86. The fraction of sp³-hybridized carbons (Fsp3) is 0. The number of hydrogen-bond acceptors (Lipinski definition) is 3. The van der Waals surface area contributed by atoms with Crippen molar-refractivity contribution in [2.45, 2.75) is 0 Å². The first-order chi connectivity index (χ1) is 7.75. The van der Waals surface area contributed by atoms with E-state index < -0.39 is 0 Å². The van der Waals surface area contributed by atoms with Crippen molar-refractivity contribution in [2.75, 3.05) is 0 Å². The number of halogens is 1. The summed E-state index contributed by atoms with van der Waals surface area (Å²) in [6, 6.07) is 7.01. The van der Waals surface area contributed by atoms with Gasteiger partial charge in [0.25, 0.3) is 0 Å². The van der Waals surface area contributed by atoms with Gasteiger partial charge in [0.2, 0.25) is 0 Å². The van der Waals surface area contributed by atoms with Crippen LogP contribution in [0.3, 0.4) is 0 Å². The highest BCUT2D eigenvalue weighted by Crippen LogP contribution is 2.27. The molecular weight excluding hydrogens is 272 g/mol. The molecule has 16 heavy (non-hydrogen) atoms. The molecule has 3 aromatic heterocycles. The third-order valence-corrected chi connectivity index (χ3v) is 2.77. The van der Waals surface area contributed by atoms with Crippen LogP contribution in [-0.2, 0) is 0 Å². The van der Waals surface area contributed by atoms with Crippen LogP contribution >= 0.6 is 15.9 Å². The molecule has 3 aromatic rings. The van der Waals surface area contributed by atoms with E-state index in [1.54, 1.807) is 28.8 Å². The molecular formula is C11H7BrN2O2. The van der Waals surface area contributed by atoms with E-state index in [2.05, 4.69) is 20.9 Å². The van der Waals surface area contributed by atoms with Crippen molar-refractivity contribution >= 4 is 21.4 Å². The zero-order chi connectivity index (χ0) is 11.1. The Hall–Kier alpha value is -1.75. The maximum atomic E-state index is 9.64. The molecule has 0 amide bonds. The lowest BCUT2D eigenvalue weighted by molar-refractivity contribution is 0.479. The zero-order valence-corrected chi connectivity index (χ0v) is 9.68. The second-order valence-electron chi connectivity index (χ2n) is 3.33. The summed E-state index contributed by atoms with van der Waals surface area (Å²) in [4.78, 5) is 4.23. The van der Waals surface area contributed by atoms with Gasteiger partial charge >= 0.3 is 0 Å². The number of pyridine rings is 1. The molecule has 0 spiro atoms. The number of aromatic hydroxyl groups is 1. The van der Waals surface area contributed by atoms with Crippen LogP contribution in [0, 0.1) is 0 Å². The third-order valence-electron chi connectivity index (χ3n) is 2.34. The number of hydrogen-bond donors (Lipinski definition) is 1. The van der Waals surface area contributed by atoms with Gasteiger partial charge in [-0.1, -0.05) is 0 Å². The molecule has 0 saturated carbocycles. The molecule has 0 saturated heterocycles. The Morgan fingerprint density at radius 2 is 2.19 bits per heavy atom. The summed E-state index contributed by atoms with van der Waals surface area (Å²) in [6.45, 7) is 0. The maximum absolute atomic E-state index is 9.64.